The lowest BCUT2D eigenvalue weighted by molar-refractivity contribution is -0.131. The van der Waals surface area contributed by atoms with E-state index >= 15 is 0 Å². The van der Waals surface area contributed by atoms with Crippen LogP contribution in [0.3, 0.4) is 0 Å². The van der Waals surface area contributed by atoms with Crippen LogP contribution < -0.4 is 14.2 Å². The average Bonchev–Trinajstić information content (AvgIpc) is 3.01. The van der Waals surface area contributed by atoms with Crippen LogP contribution in [-0.2, 0) is 14.8 Å². The van der Waals surface area contributed by atoms with Gasteiger partial charge in [-0.2, -0.15) is 0 Å². The molecule has 0 aromatic heterocycles. The fourth-order valence-corrected chi connectivity index (χ4v) is 3.68. The molecular weight excluding hydrogens is 346 g/mol. The molecule has 3 rings (SSSR count). The molecule has 0 saturated carbocycles. The minimum atomic E-state index is -3.85. The molecule has 1 aliphatic rings. The largest absolute Gasteiger partial charge is 0.478 e. The molecule has 0 atom stereocenters. The highest BCUT2D eigenvalue weighted by Crippen LogP contribution is 2.35. The summed E-state index contributed by atoms with van der Waals surface area (Å²) < 4.78 is 38.3. The molecule has 0 spiro atoms. The van der Waals surface area contributed by atoms with Gasteiger partial charge in [0.25, 0.3) is 10.0 Å². The van der Waals surface area contributed by atoms with E-state index in [2.05, 4.69) is 4.72 Å². The zero-order valence-electron chi connectivity index (χ0n) is 13.2. The second-order valence-corrected chi connectivity index (χ2v) is 7.02. The molecule has 2 aromatic carbocycles. The summed E-state index contributed by atoms with van der Waals surface area (Å²) in [5.41, 5.74) is 1.36. The average molecular weight is 361 g/mol. The van der Waals surface area contributed by atoms with Crippen molar-refractivity contribution in [2.45, 2.75) is 11.8 Å². The molecule has 130 valence electrons. The van der Waals surface area contributed by atoms with Crippen molar-refractivity contribution in [3.8, 4) is 11.5 Å². The van der Waals surface area contributed by atoms with Crippen LogP contribution in [-0.4, -0.2) is 26.3 Å². The second-order valence-electron chi connectivity index (χ2n) is 5.37. The number of nitrogens with one attached hydrogen (secondary N) is 1. The van der Waals surface area contributed by atoms with Crippen molar-refractivity contribution in [3.05, 3.63) is 53.6 Å². The van der Waals surface area contributed by atoms with Crippen LogP contribution in [0.4, 0.5) is 5.69 Å². The third-order valence-corrected chi connectivity index (χ3v) is 5.07. The van der Waals surface area contributed by atoms with Crippen molar-refractivity contribution >= 4 is 27.8 Å². The van der Waals surface area contributed by atoms with Crippen molar-refractivity contribution in [1.29, 1.82) is 0 Å². The lowest BCUT2D eigenvalue weighted by atomic mass is 10.1. The zero-order chi connectivity index (χ0) is 18.0. The maximum atomic E-state index is 12.7. The highest BCUT2D eigenvalue weighted by Gasteiger charge is 2.20. The second kappa shape index (κ2) is 6.48. The van der Waals surface area contributed by atoms with Crippen molar-refractivity contribution in [2.24, 2.45) is 0 Å². The van der Waals surface area contributed by atoms with E-state index in [9.17, 15) is 13.2 Å². The number of aryl methyl sites for hydroxylation is 1. The van der Waals surface area contributed by atoms with E-state index in [1.54, 1.807) is 37.3 Å². The van der Waals surface area contributed by atoms with Crippen molar-refractivity contribution in [2.75, 3.05) is 11.5 Å². The Morgan fingerprint density at radius 2 is 1.92 bits per heavy atom. The molecule has 0 fully saturated rings. The number of fused-ring (bicyclic) bond motifs is 1. The van der Waals surface area contributed by atoms with Gasteiger partial charge in [-0.25, -0.2) is 13.2 Å². The molecule has 25 heavy (non-hydrogen) atoms. The Kier molecular flexibility index (Phi) is 4.37. The van der Waals surface area contributed by atoms with Gasteiger partial charge in [0.15, 0.2) is 11.5 Å². The Hall–Kier alpha value is -3.00. The SMILES string of the molecule is Cc1ccc(C=CC(=O)O)cc1S(=O)(=O)Nc1ccc2c(c1)OCO2. The van der Waals surface area contributed by atoms with E-state index in [1.807, 2.05) is 0 Å². The monoisotopic (exact) mass is 361 g/mol. The number of rotatable bonds is 5. The van der Waals surface area contributed by atoms with Gasteiger partial charge in [-0.15, -0.1) is 0 Å². The maximum absolute atomic E-state index is 12.7. The molecule has 0 radical (unpaired) electrons. The van der Waals surface area contributed by atoms with Gasteiger partial charge in [0.1, 0.15) is 0 Å². The van der Waals surface area contributed by atoms with Crippen LogP contribution in [0.15, 0.2) is 47.4 Å². The number of carboxylic acid groups (broad SMARTS) is 1. The van der Waals surface area contributed by atoms with Gasteiger partial charge < -0.3 is 14.6 Å². The van der Waals surface area contributed by atoms with Crippen LogP contribution in [0.5, 0.6) is 11.5 Å². The van der Waals surface area contributed by atoms with Gasteiger partial charge in [0.05, 0.1) is 10.6 Å². The van der Waals surface area contributed by atoms with Crippen LogP contribution in [0.2, 0.25) is 0 Å². The summed E-state index contributed by atoms with van der Waals surface area (Å²) in [6, 6.07) is 9.44. The quantitative estimate of drug-likeness (QED) is 0.794. The summed E-state index contributed by atoms with van der Waals surface area (Å²) in [5, 5.41) is 8.69. The van der Waals surface area contributed by atoms with Crippen LogP contribution in [0.25, 0.3) is 6.08 Å². The Morgan fingerprint density at radius 3 is 2.68 bits per heavy atom. The molecule has 1 heterocycles. The molecule has 1 aliphatic heterocycles. The normalized spacial score (nSPS) is 13.2. The molecule has 2 N–H and O–H groups in total. The Labute approximate surface area is 144 Å². The lowest BCUT2D eigenvalue weighted by Crippen LogP contribution is -2.14. The first kappa shape index (κ1) is 16.8. The first-order valence-electron chi connectivity index (χ1n) is 7.29. The highest BCUT2D eigenvalue weighted by atomic mass is 32.2. The van der Waals surface area contributed by atoms with Crippen molar-refractivity contribution < 1.29 is 27.8 Å². The van der Waals surface area contributed by atoms with Gasteiger partial charge in [-0.3, -0.25) is 4.72 Å². The topological polar surface area (TPSA) is 102 Å². The molecular formula is C17H15NO6S. The van der Waals surface area contributed by atoms with Gasteiger partial charge in [-0.05, 0) is 42.3 Å². The van der Waals surface area contributed by atoms with E-state index in [0.29, 0.717) is 28.3 Å². The van der Waals surface area contributed by atoms with Crippen LogP contribution in [0.1, 0.15) is 11.1 Å². The summed E-state index contributed by atoms with van der Waals surface area (Å²) in [4.78, 5) is 10.7. The number of carbonyl (C=O) groups is 1. The third-order valence-electron chi connectivity index (χ3n) is 3.54. The zero-order valence-corrected chi connectivity index (χ0v) is 14.0. The number of sulfonamides is 1. The fraction of sp³-hybridized carbons (Fsp3) is 0.118. The Bertz CT molecular complexity index is 965. The number of benzene rings is 2. The molecule has 0 aliphatic carbocycles. The number of hydrogen-bond acceptors (Lipinski definition) is 5. The third kappa shape index (κ3) is 3.74. The number of carboxylic acids is 1. The fourth-order valence-electron chi connectivity index (χ4n) is 2.35. The summed E-state index contributed by atoms with van der Waals surface area (Å²) in [6.07, 6.45) is 2.29. The summed E-state index contributed by atoms with van der Waals surface area (Å²) in [6.45, 7) is 1.77. The first-order valence-corrected chi connectivity index (χ1v) is 8.77. The van der Waals surface area contributed by atoms with Gasteiger partial charge in [0.2, 0.25) is 6.79 Å². The predicted octanol–water partition coefficient (Wildman–Crippen LogP) is 2.62. The molecule has 0 amide bonds. The van der Waals surface area contributed by atoms with Crippen LogP contribution in [0, 0.1) is 6.92 Å². The maximum Gasteiger partial charge on any atom is 0.328 e. The van der Waals surface area contributed by atoms with E-state index < -0.39 is 16.0 Å². The summed E-state index contributed by atoms with van der Waals surface area (Å²) in [7, 11) is -3.85. The first-order chi connectivity index (χ1) is 11.8. The van der Waals surface area contributed by atoms with Gasteiger partial charge in [0, 0.05) is 12.1 Å². The van der Waals surface area contributed by atoms with E-state index in [4.69, 9.17) is 14.6 Å². The smallest absolute Gasteiger partial charge is 0.328 e. The van der Waals surface area contributed by atoms with E-state index in [-0.39, 0.29) is 11.7 Å². The Balaban J connectivity index is 1.91. The minimum absolute atomic E-state index is 0.0673. The molecule has 0 unspecified atom stereocenters. The van der Waals surface area contributed by atoms with E-state index in [0.717, 1.165) is 6.08 Å². The highest BCUT2D eigenvalue weighted by molar-refractivity contribution is 7.92. The lowest BCUT2D eigenvalue weighted by Gasteiger charge is -2.11. The number of anilines is 1. The summed E-state index contributed by atoms with van der Waals surface area (Å²) >= 11 is 0. The van der Waals surface area contributed by atoms with Crippen LogP contribution >= 0.6 is 0 Å². The summed E-state index contributed by atoms with van der Waals surface area (Å²) in [5.74, 6) is -0.0848. The number of aliphatic carboxylic acids is 1. The van der Waals surface area contributed by atoms with Gasteiger partial charge >= 0.3 is 5.97 Å². The standard InChI is InChI=1S/C17H15NO6S/c1-11-2-3-12(4-7-17(19)20)8-16(11)25(21,22)18-13-5-6-14-15(9-13)24-10-23-14/h2-9,18H,10H2,1H3,(H,19,20). The number of ether oxygens (including phenoxy) is 2. The van der Waals surface area contributed by atoms with Crippen molar-refractivity contribution in [3.63, 3.8) is 0 Å². The number of hydrogen-bond donors (Lipinski definition) is 2. The Morgan fingerprint density at radius 1 is 1.16 bits per heavy atom. The minimum Gasteiger partial charge on any atom is -0.478 e. The molecule has 2 aromatic rings. The molecule has 0 bridgehead atoms. The molecule has 0 saturated heterocycles. The van der Waals surface area contributed by atoms with E-state index in [1.165, 1.54) is 12.1 Å². The predicted molar refractivity (Wildman–Crippen MR) is 91.2 cm³/mol. The van der Waals surface area contributed by atoms with Crippen molar-refractivity contribution in [1.82, 2.24) is 0 Å². The van der Waals surface area contributed by atoms with Gasteiger partial charge in [-0.1, -0.05) is 12.1 Å². The molecule has 8 heteroatoms. The molecule has 7 nitrogen and oxygen atoms in total.